The molecule has 41 heavy (non-hydrogen) atoms. The van der Waals surface area contributed by atoms with Crippen molar-refractivity contribution >= 4 is 16.8 Å². The number of piperidine rings is 1. The molecule has 7 nitrogen and oxygen atoms in total. The molecule has 1 amide bonds. The molecule has 1 spiro atoms. The Kier molecular flexibility index (Phi) is 7.56. The van der Waals surface area contributed by atoms with Crippen LogP contribution in [0.4, 0.5) is 0 Å². The number of nitrogens with zero attached hydrogens (tertiary/aromatic N) is 4. The molecule has 1 atom stereocenters. The van der Waals surface area contributed by atoms with E-state index in [4.69, 9.17) is 4.74 Å². The SMILES string of the molecule is COc1cc(C)c2[nH]ccc2c1CN1CCC2(CC(C#N)C2)C[C@H]1c1ccc(C(=O)N2CCN(C(C)C)CC2)cc1. The minimum absolute atomic E-state index is 0.132. The molecule has 2 aliphatic heterocycles. The van der Waals surface area contributed by atoms with E-state index in [1.807, 2.05) is 23.2 Å². The summed E-state index contributed by atoms with van der Waals surface area (Å²) in [5, 5.41) is 10.7. The van der Waals surface area contributed by atoms with Crippen LogP contribution in [0.5, 0.6) is 5.75 Å². The van der Waals surface area contributed by atoms with Crippen molar-refractivity contribution in [2.75, 3.05) is 39.8 Å². The fourth-order valence-corrected chi connectivity index (χ4v) is 7.60. The number of rotatable bonds is 6. The number of amides is 1. The summed E-state index contributed by atoms with van der Waals surface area (Å²) in [6.45, 7) is 11.8. The summed E-state index contributed by atoms with van der Waals surface area (Å²) < 4.78 is 5.89. The molecule has 6 rings (SSSR count). The number of carbonyl (C=O) groups is 1. The molecule has 3 aliphatic rings. The van der Waals surface area contributed by atoms with Crippen molar-refractivity contribution in [1.82, 2.24) is 19.7 Å². The maximum absolute atomic E-state index is 13.3. The van der Waals surface area contributed by atoms with Gasteiger partial charge in [-0.15, -0.1) is 0 Å². The predicted octanol–water partition coefficient (Wildman–Crippen LogP) is 5.91. The monoisotopic (exact) mass is 553 g/mol. The van der Waals surface area contributed by atoms with Gasteiger partial charge in [-0.2, -0.15) is 5.26 Å². The summed E-state index contributed by atoms with van der Waals surface area (Å²) in [6.07, 6.45) is 6.18. The summed E-state index contributed by atoms with van der Waals surface area (Å²) in [6, 6.07) is 15.9. The number of hydrogen-bond acceptors (Lipinski definition) is 5. The largest absolute Gasteiger partial charge is 0.496 e. The fourth-order valence-electron chi connectivity index (χ4n) is 7.60. The Morgan fingerprint density at radius 1 is 1.10 bits per heavy atom. The van der Waals surface area contributed by atoms with E-state index in [9.17, 15) is 10.1 Å². The Morgan fingerprint density at radius 3 is 2.49 bits per heavy atom. The Hall–Kier alpha value is -3.34. The molecule has 1 aliphatic carbocycles. The number of H-pyrrole nitrogens is 1. The van der Waals surface area contributed by atoms with Crippen molar-refractivity contribution in [2.45, 2.75) is 65.1 Å². The average Bonchev–Trinajstić information content (AvgIpc) is 3.48. The molecular weight excluding hydrogens is 510 g/mol. The minimum Gasteiger partial charge on any atom is -0.496 e. The summed E-state index contributed by atoms with van der Waals surface area (Å²) in [4.78, 5) is 23.8. The number of likely N-dealkylation sites (tertiary alicyclic amines) is 1. The van der Waals surface area contributed by atoms with Crippen LogP contribution in [-0.4, -0.2) is 71.5 Å². The summed E-state index contributed by atoms with van der Waals surface area (Å²) in [7, 11) is 1.76. The standard InChI is InChI=1S/C34H43N5O2/c1-23(2)37-13-15-38(16-14-37)33(40)27-7-5-26(6-8-27)30-20-34(18-25(19-34)21-35)10-12-39(30)22-29-28-9-11-36-32(28)24(3)17-31(29)41-4/h5-9,11,17,23,25,30,36H,10,12-16,18-20,22H2,1-4H3/t25?,30-,34?/m0/s1. The summed E-state index contributed by atoms with van der Waals surface area (Å²) in [5.74, 6) is 1.25. The highest BCUT2D eigenvalue weighted by atomic mass is 16.5. The number of fused-ring (bicyclic) bond motifs is 1. The van der Waals surface area contributed by atoms with Gasteiger partial charge in [-0.1, -0.05) is 12.1 Å². The number of aryl methyl sites for hydroxylation is 1. The van der Waals surface area contributed by atoms with Crippen LogP contribution in [-0.2, 0) is 6.54 Å². The zero-order valence-corrected chi connectivity index (χ0v) is 24.9. The number of nitriles is 1. The molecule has 216 valence electrons. The van der Waals surface area contributed by atoms with Gasteiger partial charge in [-0.25, -0.2) is 0 Å². The Bertz CT molecular complexity index is 1440. The molecule has 2 aromatic carbocycles. The van der Waals surface area contributed by atoms with E-state index in [0.29, 0.717) is 6.04 Å². The fraction of sp³-hybridized carbons (Fsp3) is 0.529. The molecule has 1 N–H and O–H groups in total. The van der Waals surface area contributed by atoms with Crippen LogP contribution >= 0.6 is 0 Å². The third-order valence-electron chi connectivity index (χ3n) is 10.1. The van der Waals surface area contributed by atoms with E-state index in [0.717, 1.165) is 76.3 Å². The lowest BCUT2D eigenvalue weighted by Gasteiger charge is -2.53. The quantitative estimate of drug-likeness (QED) is 0.411. The first-order valence-corrected chi connectivity index (χ1v) is 15.2. The van der Waals surface area contributed by atoms with Gasteiger partial charge in [-0.05, 0) is 93.8 Å². The third kappa shape index (κ3) is 5.24. The highest BCUT2D eigenvalue weighted by Gasteiger charge is 2.49. The van der Waals surface area contributed by atoms with Gasteiger partial charge in [0.1, 0.15) is 5.75 Å². The first-order chi connectivity index (χ1) is 19.8. The number of ether oxygens (including phenoxy) is 1. The van der Waals surface area contributed by atoms with Gasteiger partial charge in [0.05, 0.1) is 13.2 Å². The number of piperazine rings is 1. The Labute approximate surface area is 244 Å². The zero-order valence-electron chi connectivity index (χ0n) is 24.9. The Balaban J connectivity index is 1.25. The Morgan fingerprint density at radius 2 is 1.83 bits per heavy atom. The van der Waals surface area contributed by atoms with Crippen LogP contribution in [0, 0.1) is 29.6 Å². The topological polar surface area (TPSA) is 75.6 Å². The lowest BCUT2D eigenvalue weighted by molar-refractivity contribution is -0.0298. The summed E-state index contributed by atoms with van der Waals surface area (Å²) in [5.41, 5.74) is 5.83. The second-order valence-corrected chi connectivity index (χ2v) is 12.9. The van der Waals surface area contributed by atoms with E-state index in [1.165, 1.54) is 27.6 Å². The van der Waals surface area contributed by atoms with Crippen molar-refractivity contribution in [3.8, 4) is 11.8 Å². The van der Waals surface area contributed by atoms with Gasteiger partial charge in [0.2, 0.25) is 0 Å². The van der Waals surface area contributed by atoms with Crippen LogP contribution in [0.1, 0.15) is 72.6 Å². The first kappa shape index (κ1) is 27.8. The zero-order chi connectivity index (χ0) is 28.7. The molecule has 2 saturated heterocycles. The number of nitrogens with one attached hydrogen (secondary N) is 1. The molecule has 0 unspecified atom stereocenters. The van der Waals surface area contributed by atoms with Gasteiger partial charge < -0.3 is 14.6 Å². The second kappa shape index (κ2) is 11.2. The number of hydrogen-bond donors (Lipinski definition) is 1. The molecule has 3 heterocycles. The van der Waals surface area contributed by atoms with Gasteiger partial charge in [0.15, 0.2) is 0 Å². The van der Waals surface area contributed by atoms with E-state index < -0.39 is 0 Å². The van der Waals surface area contributed by atoms with Gasteiger partial charge in [-0.3, -0.25) is 14.6 Å². The molecule has 0 radical (unpaired) electrons. The maximum Gasteiger partial charge on any atom is 0.253 e. The van der Waals surface area contributed by atoms with Crippen molar-refractivity contribution in [1.29, 1.82) is 5.26 Å². The van der Waals surface area contributed by atoms with E-state index in [2.05, 4.69) is 65.9 Å². The highest BCUT2D eigenvalue weighted by molar-refractivity contribution is 5.94. The first-order valence-electron chi connectivity index (χ1n) is 15.2. The predicted molar refractivity (Wildman–Crippen MR) is 162 cm³/mol. The smallest absolute Gasteiger partial charge is 0.253 e. The van der Waals surface area contributed by atoms with E-state index >= 15 is 0 Å². The summed E-state index contributed by atoms with van der Waals surface area (Å²) >= 11 is 0. The van der Waals surface area contributed by atoms with Gasteiger partial charge in [0.25, 0.3) is 5.91 Å². The number of aromatic nitrogens is 1. The molecular formula is C34H43N5O2. The van der Waals surface area contributed by atoms with Crippen LogP contribution in [0.25, 0.3) is 10.9 Å². The maximum atomic E-state index is 13.3. The van der Waals surface area contributed by atoms with Crippen molar-refractivity contribution in [3.05, 3.63) is 64.8 Å². The molecule has 1 saturated carbocycles. The normalized spacial score (nSPS) is 25.4. The van der Waals surface area contributed by atoms with Gasteiger partial charge >= 0.3 is 0 Å². The van der Waals surface area contributed by atoms with E-state index in [1.54, 1.807) is 7.11 Å². The van der Waals surface area contributed by atoms with Gasteiger partial charge in [0, 0.05) is 79.0 Å². The van der Waals surface area contributed by atoms with Crippen molar-refractivity contribution in [3.63, 3.8) is 0 Å². The minimum atomic E-state index is 0.132. The lowest BCUT2D eigenvalue weighted by atomic mass is 9.56. The number of aromatic amines is 1. The molecule has 7 heteroatoms. The second-order valence-electron chi connectivity index (χ2n) is 12.9. The average molecular weight is 554 g/mol. The number of carbonyl (C=O) groups excluding carboxylic acids is 1. The van der Waals surface area contributed by atoms with Crippen LogP contribution in [0.15, 0.2) is 42.6 Å². The van der Waals surface area contributed by atoms with Crippen LogP contribution < -0.4 is 4.74 Å². The lowest BCUT2D eigenvalue weighted by Crippen LogP contribution is -2.50. The van der Waals surface area contributed by atoms with E-state index in [-0.39, 0.29) is 23.3 Å². The van der Waals surface area contributed by atoms with Crippen LogP contribution in [0.2, 0.25) is 0 Å². The highest BCUT2D eigenvalue weighted by Crippen LogP contribution is 2.56. The number of methoxy groups -OCH3 is 1. The third-order valence-corrected chi connectivity index (χ3v) is 10.1. The molecule has 3 aromatic rings. The molecule has 1 aromatic heterocycles. The number of benzene rings is 2. The molecule has 0 bridgehead atoms. The molecule has 3 fully saturated rings. The van der Waals surface area contributed by atoms with Crippen LogP contribution in [0.3, 0.4) is 0 Å². The van der Waals surface area contributed by atoms with Crippen molar-refractivity contribution < 1.29 is 9.53 Å². The van der Waals surface area contributed by atoms with Crippen molar-refractivity contribution in [2.24, 2.45) is 11.3 Å².